The van der Waals surface area contributed by atoms with Crippen molar-refractivity contribution in [2.75, 3.05) is 14.1 Å². The first-order valence-corrected chi connectivity index (χ1v) is 12.7. The molecule has 1 aromatic carbocycles. The van der Waals surface area contributed by atoms with Crippen molar-refractivity contribution >= 4 is 33.7 Å². The van der Waals surface area contributed by atoms with Crippen LogP contribution in [0.15, 0.2) is 40.4 Å². The Morgan fingerprint density at radius 2 is 1.66 bits per heavy atom. The molecule has 3 atom stereocenters. The number of nitrogens with one attached hydrogen (secondary N) is 2. The lowest BCUT2D eigenvalue weighted by Crippen LogP contribution is -2.61. The lowest BCUT2D eigenvalue weighted by atomic mass is 9.76. The van der Waals surface area contributed by atoms with Gasteiger partial charge in [-0.15, -0.1) is 0 Å². The van der Waals surface area contributed by atoms with Crippen LogP contribution in [0.1, 0.15) is 61.0 Å². The van der Waals surface area contributed by atoms with Gasteiger partial charge in [0.2, 0.25) is 11.8 Å². The lowest BCUT2D eigenvalue weighted by Gasteiger charge is -2.40. The molecule has 0 aliphatic heterocycles. The molecule has 35 heavy (non-hydrogen) atoms. The second-order valence-corrected chi connectivity index (χ2v) is 12.0. The van der Waals surface area contributed by atoms with Gasteiger partial charge in [-0.3, -0.25) is 9.59 Å². The van der Waals surface area contributed by atoms with E-state index in [0.717, 1.165) is 10.0 Å². The molecule has 0 bridgehead atoms. The number of likely N-dealkylation sites (N-methyl/N-ethyl adjacent to an activating group) is 2. The SMILES string of the molecule is CN[C@H](C(=O)N[C@H](C(=O)N(C)[C@H](C=C(C)C(=O)O)C(C)C)C(C)(C)C)C(C)(C)c1cccc(Br)c1. The predicted molar refractivity (Wildman–Crippen MR) is 144 cm³/mol. The predicted octanol–water partition coefficient (Wildman–Crippen LogP) is 4.36. The van der Waals surface area contributed by atoms with Gasteiger partial charge in [0.25, 0.3) is 0 Å². The van der Waals surface area contributed by atoms with E-state index in [4.69, 9.17) is 0 Å². The van der Waals surface area contributed by atoms with Crippen LogP contribution in [0.2, 0.25) is 0 Å². The summed E-state index contributed by atoms with van der Waals surface area (Å²) in [6, 6.07) is 5.99. The number of carboxylic acid groups (broad SMARTS) is 1. The van der Waals surface area contributed by atoms with E-state index >= 15 is 0 Å². The summed E-state index contributed by atoms with van der Waals surface area (Å²) >= 11 is 3.50. The molecule has 1 aromatic rings. The topological polar surface area (TPSA) is 98.7 Å². The number of carbonyl (C=O) groups excluding carboxylic acids is 2. The van der Waals surface area contributed by atoms with Crippen LogP contribution in [0.25, 0.3) is 0 Å². The van der Waals surface area contributed by atoms with Gasteiger partial charge in [-0.05, 0) is 43.0 Å². The van der Waals surface area contributed by atoms with E-state index in [1.807, 2.05) is 72.7 Å². The molecule has 0 spiro atoms. The van der Waals surface area contributed by atoms with Gasteiger partial charge in [0.15, 0.2) is 0 Å². The van der Waals surface area contributed by atoms with Crippen molar-refractivity contribution in [2.45, 2.75) is 78.9 Å². The second kappa shape index (κ2) is 12.2. The normalized spacial score (nSPS) is 15.4. The molecule has 2 amide bonds. The highest BCUT2D eigenvalue weighted by Gasteiger charge is 2.41. The minimum atomic E-state index is -1.02. The van der Waals surface area contributed by atoms with Gasteiger partial charge in [0.05, 0.1) is 12.1 Å². The van der Waals surface area contributed by atoms with Crippen LogP contribution in [0.4, 0.5) is 0 Å². The Hall–Kier alpha value is -2.19. The Bertz CT molecular complexity index is 950. The minimum absolute atomic E-state index is 0.0184. The number of amides is 2. The van der Waals surface area contributed by atoms with Gasteiger partial charge in [-0.2, -0.15) is 0 Å². The smallest absolute Gasteiger partial charge is 0.331 e. The fourth-order valence-corrected chi connectivity index (χ4v) is 4.58. The molecule has 0 saturated carbocycles. The van der Waals surface area contributed by atoms with Crippen LogP contribution < -0.4 is 10.6 Å². The Balaban J connectivity index is 3.32. The molecule has 0 fully saturated rings. The fourth-order valence-electron chi connectivity index (χ4n) is 4.18. The molecule has 0 aromatic heterocycles. The van der Waals surface area contributed by atoms with Crippen LogP contribution in [0.5, 0.6) is 0 Å². The van der Waals surface area contributed by atoms with Crippen molar-refractivity contribution < 1.29 is 19.5 Å². The van der Waals surface area contributed by atoms with Gasteiger partial charge >= 0.3 is 5.97 Å². The third-order valence-electron chi connectivity index (χ3n) is 6.48. The third kappa shape index (κ3) is 7.90. The summed E-state index contributed by atoms with van der Waals surface area (Å²) in [5.41, 5.74) is 0.00526. The maximum atomic E-state index is 13.7. The third-order valence-corrected chi connectivity index (χ3v) is 6.97. The van der Waals surface area contributed by atoms with Gasteiger partial charge in [-0.1, -0.05) is 82.6 Å². The Morgan fingerprint density at radius 3 is 2.09 bits per heavy atom. The molecule has 0 aliphatic carbocycles. The van der Waals surface area contributed by atoms with Crippen molar-refractivity contribution in [3.05, 3.63) is 46.0 Å². The number of benzene rings is 1. The molecule has 0 unspecified atom stereocenters. The number of carbonyl (C=O) groups is 3. The number of hydrogen-bond donors (Lipinski definition) is 3. The van der Waals surface area contributed by atoms with Crippen molar-refractivity contribution in [1.82, 2.24) is 15.5 Å². The van der Waals surface area contributed by atoms with Crippen molar-refractivity contribution in [3.63, 3.8) is 0 Å². The first-order valence-electron chi connectivity index (χ1n) is 11.9. The van der Waals surface area contributed by atoms with Crippen molar-refractivity contribution in [3.8, 4) is 0 Å². The van der Waals surface area contributed by atoms with E-state index < -0.39 is 34.9 Å². The number of halogens is 1. The van der Waals surface area contributed by atoms with Gasteiger partial charge in [-0.25, -0.2) is 4.79 Å². The first-order chi connectivity index (χ1) is 15.9. The van der Waals surface area contributed by atoms with Crippen LogP contribution in [0, 0.1) is 11.3 Å². The highest BCUT2D eigenvalue weighted by atomic mass is 79.9. The zero-order chi connectivity index (χ0) is 27.3. The summed E-state index contributed by atoms with van der Waals surface area (Å²) in [5.74, 6) is -1.59. The molecule has 0 saturated heterocycles. The summed E-state index contributed by atoms with van der Waals surface area (Å²) in [5, 5.41) is 15.5. The van der Waals surface area contributed by atoms with E-state index in [-0.39, 0.29) is 23.3 Å². The average Bonchev–Trinajstić information content (AvgIpc) is 2.73. The van der Waals surface area contributed by atoms with Gasteiger partial charge < -0.3 is 20.6 Å². The largest absolute Gasteiger partial charge is 0.478 e. The van der Waals surface area contributed by atoms with Gasteiger partial charge in [0.1, 0.15) is 6.04 Å². The molecule has 7 nitrogen and oxygen atoms in total. The number of hydrogen-bond acceptors (Lipinski definition) is 4. The summed E-state index contributed by atoms with van der Waals surface area (Å²) in [4.78, 5) is 40.2. The van der Waals surface area contributed by atoms with Crippen LogP contribution in [-0.2, 0) is 19.8 Å². The van der Waals surface area contributed by atoms with E-state index in [1.165, 1.54) is 6.92 Å². The molecular formula is C27H42BrN3O4. The van der Waals surface area contributed by atoms with Crippen molar-refractivity contribution in [2.24, 2.45) is 11.3 Å². The summed E-state index contributed by atoms with van der Waals surface area (Å²) in [7, 11) is 3.39. The molecule has 1 rings (SSSR count). The summed E-state index contributed by atoms with van der Waals surface area (Å²) in [6.45, 7) is 15.1. The molecule has 196 valence electrons. The lowest BCUT2D eigenvalue weighted by molar-refractivity contribution is -0.141. The standard InChI is InChI=1S/C27H42BrN3O4/c1-16(2)20(14-17(3)25(34)35)31(10)24(33)22(26(4,5)6)30-23(32)21(29-9)27(7,8)18-12-11-13-19(28)15-18/h11-16,20-22,29H,1-10H3,(H,30,32)(H,34,35)/t20-,21-,22-/m1/s1. The molecule has 0 radical (unpaired) electrons. The maximum absolute atomic E-state index is 13.7. The summed E-state index contributed by atoms with van der Waals surface area (Å²) < 4.78 is 0.923. The minimum Gasteiger partial charge on any atom is -0.478 e. The average molecular weight is 553 g/mol. The molecule has 0 aliphatic rings. The first kappa shape index (κ1) is 30.8. The van der Waals surface area contributed by atoms with Crippen LogP contribution in [0.3, 0.4) is 0 Å². The Labute approximate surface area is 218 Å². The zero-order valence-electron chi connectivity index (χ0n) is 22.7. The molecular weight excluding hydrogens is 510 g/mol. The highest BCUT2D eigenvalue weighted by molar-refractivity contribution is 9.10. The molecule has 3 N–H and O–H groups in total. The number of carboxylic acids is 1. The monoisotopic (exact) mass is 551 g/mol. The van der Waals surface area contributed by atoms with Crippen LogP contribution >= 0.6 is 15.9 Å². The Morgan fingerprint density at radius 1 is 1.09 bits per heavy atom. The fraction of sp³-hybridized carbons (Fsp3) is 0.593. The Kier molecular flexibility index (Phi) is 10.7. The maximum Gasteiger partial charge on any atom is 0.331 e. The van der Waals surface area contributed by atoms with Crippen LogP contribution in [-0.4, -0.2) is 60.0 Å². The zero-order valence-corrected chi connectivity index (χ0v) is 24.3. The summed E-state index contributed by atoms with van der Waals surface area (Å²) in [6.07, 6.45) is 1.60. The second-order valence-electron chi connectivity index (χ2n) is 11.1. The van der Waals surface area contributed by atoms with Crippen molar-refractivity contribution in [1.29, 1.82) is 0 Å². The van der Waals surface area contributed by atoms with Gasteiger partial charge in [0, 0.05) is 22.5 Å². The van der Waals surface area contributed by atoms with E-state index in [0.29, 0.717) is 0 Å². The number of aliphatic carboxylic acids is 1. The van der Waals surface area contributed by atoms with E-state index in [9.17, 15) is 19.5 Å². The highest BCUT2D eigenvalue weighted by Crippen LogP contribution is 2.30. The number of nitrogens with zero attached hydrogens (tertiary/aromatic N) is 1. The molecule has 0 heterocycles. The van der Waals surface area contributed by atoms with E-state index in [2.05, 4.69) is 26.6 Å². The molecule has 8 heteroatoms. The number of rotatable bonds is 10. The quantitative estimate of drug-likeness (QED) is 0.375. The van der Waals surface area contributed by atoms with E-state index in [1.54, 1.807) is 25.1 Å².